The van der Waals surface area contributed by atoms with Gasteiger partial charge in [-0.1, -0.05) is 0 Å². The van der Waals surface area contributed by atoms with Crippen LogP contribution in [0.5, 0.6) is 0 Å². The van der Waals surface area contributed by atoms with Crippen LogP contribution in [0, 0.1) is 14.9 Å². The molecule has 0 N–H and O–H groups in total. The molecule has 0 heterocycles. The second-order valence-electron chi connectivity index (χ2n) is 8.18. The first kappa shape index (κ1) is 52.1. The van der Waals surface area contributed by atoms with Gasteiger partial charge in [0.2, 0.25) is 0 Å². The van der Waals surface area contributed by atoms with Gasteiger partial charge in [0.15, 0.2) is 11.8 Å². The van der Waals surface area contributed by atoms with Gasteiger partial charge < -0.3 is 14.9 Å². The van der Waals surface area contributed by atoms with Crippen LogP contribution >= 0.6 is 47.5 Å². The van der Waals surface area contributed by atoms with Gasteiger partial charge in [0.1, 0.15) is 0 Å². The molecule has 26 heavy (non-hydrogen) atoms. The van der Waals surface area contributed by atoms with Gasteiger partial charge in [-0.15, -0.1) is 0 Å². The smallest absolute Gasteiger partial charge is 0.154 e. The average molecular weight is 851 g/mol. The molecule has 0 saturated carbocycles. The Labute approximate surface area is 208 Å². The van der Waals surface area contributed by atoms with E-state index < -0.39 is 0 Å². The van der Waals surface area contributed by atoms with Crippen LogP contribution in [0.4, 0.5) is 0 Å². The van der Waals surface area contributed by atoms with Crippen molar-refractivity contribution in [2.75, 3.05) is 105 Å². The molecular formula is C18H58P6Pt2+4. The summed E-state index contributed by atoms with van der Waals surface area (Å²) in [5, 5.41) is 0. The fraction of sp³-hybridized carbons (Fsp3) is 0.889. The SMILES string of the molecule is C[PH+](C)C.C[PH+](C)C.C[PH+](C)C[PH+](C)C.C[PH+](C)C[PH+](C)C.[CH3-].[CH3-].[Pt].[Pt]. The Hall–Kier alpha value is 3.96. The molecule has 0 aliphatic rings. The summed E-state index contributed by atoms with van der Waals surface area (Å²) in [6.45, 7) is 32.7. The summed E-state index contributed by atoms with van der Waals surface area (Å²) in [4.78, 5) is 0. The van der Waals surface area contributed by atoms with Crippen LogP contribution in [0.3, 0.4) is 0 Å². The Morgan fingerprint density at radius 1 is 0.346 bits per heavy atom. The van der Waals surface area contributed by atoms with E-state index in [9.17, 15) is 0 Å². The summed E-state index contributed by atoms with van der Waals surface area (Å²) in [5.74, 6) is 3.13. The molecule has 0 rings (SSSR count). The molecule has 0 unspecified atom stereocenters. The van der Waals surface area contributed by atoms with Crippen molar-refractivity contribution in [3.63, 3.8) is 0 Å². The summed E-state index contributed by atoms with van der Waals surface area (Å²) in [5.41, 5.74) is 0. The third-order valence-electron chi connectivity index (χ3n) is 1.41. The Bertz CT molecular complexity index is 153. The van der Waals surface area contributed by atoms with Crippen LogP contribution in [0.2, 0.25) is 0 Å². The fourth-order valence-electron chi connectivity index (χ4n) is 1.41. The van der Waals surface area contributed by atoms with Gasteiger partial charge in [0.05, 0.1) is 0 Å². The van der Waals surface area contributed by atoms with Gasteiger partial charge in [0, 0.05) is 167 Å². The van der Waals surface area contributed by atoms with Crippen LogP contribution in [-0.4, -0.2) is 105 Å². The second kappa shape index (κ2) is 39.4. The molecule has 0 nitrogen and oxygen atoms in total. The molecule has 0 radical (unpaired) electrons. The molecule has 176 valence electrons. The van der Waals surface area contributed by atoms with Crippen molar-refractivity contribution < 1.29 is 42.1 Å². The minimum atomic E-state index is 0. The summed E-state index contributed by atoms with van der Waals surface area (Å²) in [6.07, 6.45) is 0. The maximum absolute atomic E-state index is 2.39. The molecule has 0 spiro atoms. The van der Waals surface area contributed by atoms with Gasteiger partial charge in [-0.3, -0.25) is 0 Å². The monoisotopic (exact) mass is 850 g/mol. The zero-order valence-electron chi connectivity index (χ0n) is 21.0. The summed E-state index contributed by atoms with van der Waals surface area (Å²) < 4.78 is 0. The van der Waals surface area contributed by atoms with E-state index in [1.165, 1.54) is 0 Å². The maximum atomic E-state index is 2.39. The third-order valence-corrected chi connectivity index (χ3v) is 12.7. The van der Waals surface area contributed by atoms with Crippen molar-refractivity contribution in [2.24, 2.45) is 0 Å². The van der Waals surface area contributed by atoms with Crippen molar-refractivity contribution >= 4 is 47.5 Å². The molecule has 8 heteroatoms. The molecule has 0 aromatic rings. The number of hydrogen-bond acceptors (Lipinski definition) is 0. The van der Waals surface area contributed by atoms with Gasteiger partial charge >= 0.3 is 0 Å². The average Bonchev–Trinajstić information content (AvgIpc) is 2.10. The summed E-state index contributed by atoms with van der Waals surface area (Å²) in [7, 11) is 0.685. The van der Waals surface area contributed by atoms with Crippen LogP contribution in [0.25, 0.3) is 0 Å². The van der Waals surface area contributed by atoms with Crippen molar-refractivity contribution in [1.82, 2.24) is 0 Å². The summed E-state index contributed by atoms with van der Waals surface area (Å²) >= 11 is 0. The Balaban J connectivity index is -0.0000000271. The van der Waals surface area contributed by atoms with E-state index >= 15 is 0 Å². The van der Waals surface area contributed by atoms with Crippen LogP contribution < -0.4 is 0 Å². The van der Waals surface area contributed by atoms with E-state index in [0.717, 1.165) is 0 Å². The fourth-order valence-corrected chi connectivity index (χ4v) is 12.7. The second-order valence-corrected chi connectivity index (χ2v) is 26.7. The predicted octanol–water partition coefficient (Wildman–Crippen LogP) is 6.86. The molecule has 0 saturated heterocycles. The third kappa shape index (κ3) is 142. The molecule has 0 aliphatic heterocycles. The molecular weight excluding hydrogens is 792 g/mol. The zero-order chi connectivity index (χ0) is 18.9. The largest absolute Gasteiger partial charge is 0.358 e. The standard InChI is InChI=1S/2C5H14P2.2C3H9P.2CH3.2Pt/c2*1-6(2)5-7(3)4;2*1-4(2)3;;;;/h2*5H2,1-4H3;2*1-3H3;2*1H3;;/q;;;;2*-1;;/p+6. The first-order chi connectivity index (χ1) is 9.72. The van der Waals surface area contributed by atoms with E-state index in [0.29, 0.717) is 0 Å². The predicted molar refractivity (Wildman–Crippen MR) is 155 cm³/mol. The van der Waals surface area contributed by atoms with Gasteiger partial charge in [-0.25, -0.2) is 0 Å². The Morgan fingerprint density at radius 3 is 0.423 bits per heavy atom. The van der Waals surface area contributed by atoms with Gasteiger partial charge in [-0.2, -0.15) is 0 Å². The Kier molecular flexibility index (Phi) is 79.0. The van der Waals surface area contributed by atoms with Crippen molar-refractivity contribution in [3.8, 4) is 0 Å². The van der Waals surface area contributed by atoms with Gasteiger partial charge in [0.25, 0.3) is 0 Å². The van der Waals surface area contributed by atoms with Crippen LogP contribution in [0.1, 0.15) is 0 Å². The molecule has 0 aromatic carbocycles. The minimum absolute atomic E-state index is 0. The zero-order valence-corrected chi connectivity index (χ0v) is 31.6. The minimum Gasteiger partial charge on any atom is -0.358 e. The molecule has 0 fully saturated rings. The van der Waals surface area contributed by atoms with Crippen LogP contribution in [-0.2, 0) is 42.1 Å². The number of hydrogen-bond donors (Lipinski definition) is 0. The maximum Gasteiger partial charge on any atom is 0.154 e. The molecule has 0 aliphatic carbocycles. The van der Waals surface area contributed by atoms with E-state index in [2.05, 4.69) is 93.3 Å². The molecule has 0 aromatic heterocycles. The topological polar surface area (TPSA) is 0 Å². The first-order valence-electron chi connectivity index (χ1n) is 8.41. The Morgan fingerprint density at radius 2 is 0.423 bits per heavy atom. The normalized spacial score (nSPS) is 8.77. The van der Waals surface area contributed by atoms with Crippen molar-refractivity contribution in [2.45, 2.75) is 0 Å². The van der Waals surface area contributed by atoms with E-state index in [1.54, 1.807) is 11.8 Å². The quantitative estimate of drug-likeness (QED) is 0.215. The first-order valence-corrected chi connectivity index (χ1v) is 25.2. The van der Waals surface area contributed by atoms with E-state index in [-0.39, 0.29) is 105 Å². The van der Waals surface area contributed by atoms with E-state index in [4.69, 9.17) is 0 Å². The van der Waals surface area contributed by atoms with Crippen molar-refractivity contribution in [3.05, 3.63) is 14.9 Å². The van der Waals surface area contributed by atoms with Gasteiger partial charge in [-0.05, 0) is 15.8 Å². The number of rotatable bonds is 4. The van der Waals surface area contributed by atoms with Crippen LogP contribution in [0.15, 0.2) is 0 Å². The molecule has 0 bridgehead atoms. The summed E-state index contributed by atoms with van der Waals surface area (Å²) in [6, 6.07) is 0. The van der Waals surface area contributed by atoms with E-state index in [1.807, 2.05) is 0 Å². The molecule has 0 atom stereocenters. The van der Waals surface area contributed by atoms with Crippen molar-refractivity contribution in [1.29, 1.82) is 0 Å². The molecule has 0 amide bonds.